The van der Waals surface area contributed by atoms with E-state index in [0.717, 1.165) is 48.7 Å². The van der Waals surface area contributed by atoms with E-state index in [1.807, 2.05) is 35.4 Å². The molecule has 1 aliphatic carbocycles. The Morgan fingerprint density at radius 3 is 2.96 bits per heavy atom. The van der Waals surface area contributed by atoms with Crippen molar-refractivity contribution in [3.63, 3.8) is 0 Å². The van der Waals surface area contributed by atoms with Crippen molar-refractivity contribution in [2.24, 2.45) is 0 Å². The molecule has 0 bridgehead atoms. The Kier molecular flexibility index (Phi) is 3.85. The fraction of sp³-hybridized carbons (Fsp3) is 0.526. The summed E-state index contributed by atoms with van der Waals surface area (Å²) in [7, 11) is 3.53. The van der Waals surface area contributed by atoms with Crippen LogP contribution in [0, 0.1) is 0 Å². The number of nitrogens with zero attached hydrogens (tertiary/aromatic N) is 1. The second-order valence-electron chi connectivity index (χ2n) is 6.95. The van der Waals surface area contributed by atoms with Gasteiger partial charge in [-0.05, 0) is 49.9 Å². The fourth-order valence-corrected chi connectivity index (χ4v) is 4.47. The van der Waals surface area contributed by atoms with Gasteiger partial charge in [0.05, 0.1) is 17.7 Å². The molecule has 128 valence electrons. The van der Waals surface area contributed by atoms with Gasteiger partial charge in [-0.2, -0.15) is 0 Å². The number of ether oxygens (including phenoxy) is 2. The lowest BCUT2D eigenvalue weighted by Crippen LogP contribution is -2.53. The van der Waals surface area contributed by atoms with Gasteiger partial charge in [0.1, 0.15) is 0 Å². The normalized spacial score (nSPS) is 29.8. The molecule has 24 heavy (non-hydrogen) atoms. The molecule has 1 aromatic heterocycles. The first-order valence-electron chi connectivity index (χ1n) is 8.63. The minimum Gasteiger partial charge on any atom is -0.381 e. The minimum absolute atomic E-state index is 0.0932. The molecule has 1 saturated carbocycles. The summed E-state index contributed by atoms with van der Waals surface area (Å²) in [5.74, 6) is 0.0961. The highest BCUT2D eigenvalue weighted by Gasteiger charge is 2.52. The van der Waals surface area contributed by atoms with Crippen LogP contribution in [0.3, 0.4) is 0 Å². The van der Waals surface area contributed by atoms with Crippen molar-refractivity contribution in [3.05, 3.63) is 36.0 Å². The average Bonchev–Trinajstić information content (AvgIpc) is 3.24. The van der Waals surface area contributed by atoms with E-state index in [2.05, 4.69) is 4.98 Å². The summed E-state index contributed by atoms with van der Waals surface area (Å²) < 4.78 is 11.5. The summed E-state index contributed by atoms with van der Waals surface area (Å²) in [4.78, 5) is 18.3. The second-order valence-corrected chi connectivity index (χ2v) is 6.95. The van der Waals surface area contributed by atoms with E-state index in [9.17, 15) is 4.79 Å². The molecule has 2 aromatic rings. The van der Waals surface area contributed by atoms with Gasteiger partial charge in [-0.25, -0.2) is 0 Å². The third-order valence-corrected chi connectivity index (χ3v) is 5.94. The Balaban J connectivity index is 1.63. The number of H-pyrrole nitrogens is 1. The molecule has 1 amide bonds. The number of carbonyl (C=O) groups is 1. The summed E-state index contributed by atoms with van der Waals surface area (Å²) in [6, 6.07) is 7.94. The van der Waals surface area contributed by atoms with Crippen molar-refractivity contribution in [2.45, 2.75) is 43.4 Å². The fourth-order valence-electron chi connectivity index (χ4n) is 4.47. The van der Waals surface area contributed by atoms with Crippen LogP contribution in [-0.4, -0.2) is 54.3 Å². The zero-order valence-electron chi connectivity index (χ0n) is 14.2. The van der Waals surface area contributed by atoms with Gasteiger partial charge in [-0.1, -0.05) is 0 Å². The third kappa shape index (κ3) is 2.34. The van der Waals surface area contributed by atoms with E-state index in [4.69, 9.17) is 9.47 Å². The average molecular weight is 328 g/mol. The van der Waals surface area contributed by atoms with Crippen LogP contribution in [-0.2, 0) is 9.47 Å². The van der Waals surface area contributed by atoms with Gasteiger partial charge in [0.25, 0.3) is 5.91 Å². The summed E-state index contributed by atoms with van der Waals surface area (Å²) in [5.41, 5.74) is 1.59. The van der Waals surface area contributed by atoms with E-state index in [1.165, 1.54) is 0 Å². The first-order valence-corrected chi connectivity index (χ1v) is 8.63. The molecule has 5 nitrogen and oxygen atoms in total. The maximum atomic E-state index is 13.1. The van der Waals surface area contributed by atoms with Crippen LogP contribution in [0.4, 0.5) is 0 Å². The molecule has 1 aromatic carbocycles. The molecule has 0 radical (unpaired) electrons. The summed E-state index contributed by atoms with van der Waals surface area (Å²) in [6.07, 6.45) is 5.81. The van der Waals surface area contributed by atoms with Crippen LogP contribution in [0.5, 0.6) is 0 Å². The monoisotopic (exact) mass is 328 g/mol. The molecule has 5 heteroatoms. The maximum Gasteiger partial charge on any atom is 0.254 e. The molecule has 2 heterocycles. The van der Waals surface area contributed by atoms with Crippen molar-refractivity contribution in [1.82, 2.24) is 9.88 Å². The number of rotatable bonds is 3. The summed E-state index contributed by atoms with van der Waals surface area (Å²) in [6.45, 7) is 0.749. The van der Waals surface area contributed by atoms with Gasteiger partial charge < -0.3 is 19.4 Å². The van der Waals surface area contributed by atoms with Crippen molar-refractivity contribution in [2.75, 3.05) is 20.8 Å². The van der Waals surface area contributed by atoms with E-state index in [-0.39, 0.29) is 23.7 Å². The highest BCUT2D eigenvalue weighted by atomic mass is 16.5. The van der Waals surface area contributed by atoms with Crippen LogP contribution >= 0.6 is 0 Å². The van der Waals surface area contributed by atoms with E-state index >= 15 is 0 Å². The van der Waals surface area contributed by atoms with Crippen LogP contribution in [0.2, 0.25) is 0 Å². The number of nitrogens with one attached hydrogen (secondary N) is 1. The number of likely N-dealkylation sites (tertiary alicyclic amines) is 1. The number of amides is 1. The zero-order valence-corrected chi connectivity index (χ0v) is 14.2. The molecule has 2 aliphatic rings. The molecule has 1 saturated heterocycles. The zero-order chi connectivity index (χ0) is 16.7. The topological polar surface area (TPSA) is 54.6 Å². The van der Waals surface area contributed by atoms with Crippen molar-refractivity contribution < 1.29 is 14.3 Å². The largest absolute Gasteiger partial charge is 0.381 e. The van der Waals surface area contributed by atoms with Gasteiger partial charge in [-0.15, -0.1) is 0 Å². The van der Waals surface area contributed by atoms with Crippen molar-refractivity contribution in [1.29, 1.82) is 0 Å². The minimum atomic E-state index is -0.205. The lowest BCUT2D eigenvalue weighted by atomic mass is 9.79. The molecule has 1 N–H and O–H groups in total. The number of hydrogen-bond acceptors (Lipinski definition) is 3. The number of benzene rings is 1. The molecular weight excluding hydrogens is 304 g/mol. The maximum absolute atomic E-state index is 13.1. The van der Waals surface area contributed by atoms with Crippen molar-refractivity contribution >= 4 is 16.8 Å². The summed E-state index contributed by atoms with van der Waals surface area (Å²) >= 11 is 0. The molecule has 2 unspecified atom stereocenters. The van der Waals surface area contributed by atoms with Gasteiger partial charge >= 0.3 is 0 Å². The van der Waals surface area contributed by atoms with Gasteiger partial charge in [-0.3, -0.25) is 4.79 Å². The molecular formula is C19H24N2O3. The number of hydrogen-bond donors (Lipinski definition) is 1. The summed E-state index contributed by atoms with van der Waals surface area (Å²) in [5, 5.41) is 1.07. The van der Waals surface area contributed by atoms with E-state index in [1.54, 1.807) is 14.2 Å². The van der Waals surface area contributed by atoms with Crippen LogP contribution in [0.25, 0.3) is 10.9 Å². The number of fused-ring (bicyclic) bond motifs is 2. The Bertz CT molecular complexity index is 756. The van der Waals surface area contributed by atoms with E-state index < -0.39 is 0 Å². The highest BCUT2D eigenvalue weighted by molar-refractivity contribution is 5.98. The van der Waals surface area contributed by atoms with E-state index in [0.29, 0.717) is 0 Å². The first kappa shape index (κ1) is 15.7. The van der Waals surface area contributed by atoms with Gasteiger partial charge in [0, 0.05) is 43.4 Å². The Hall–Kier alpha value is -1.85. The standard InChI is InChI=1S/C19H24N2O3/c1-23-15-5-7-19(24-2)8-10-21(17(19)12-15)18(22)14-3-4-16-13(11-14)6-9-20-16/h3-4,6,9,11,15,17,20H,5,7-8,10,12H2,1-2H3/t15?,17?,19-/m1/s1. The second kappa shape index (κ2) is 5.90. The van der Waals surface area contributed by atoms with Crippen LogP contribution in [0.1, 0.15) is 36.0 Å². The Morgan fingerprint density at radius 1 is 1.29 bits per heavy atom. The molecule has 2 fully saturated rings. The number of aromatic nitrogens is 1. The Labute approximate surface area is 141 Å². The predicted molar refractivity (Wildman–Crippen MR) is 92.1 cm³/mol. The molecule has 0 spiro atoms. The number of methoxy groups -OCH3 is 2. The van der Waals surface area contributed by atoms with Crippen LogP contribution < -0.4 is 0 Å². The predicted octanol–water partition coefficient (Wildman–Crippen LogP) is 2.97. The molecule has 4 rings (SSSR count). The molecule has 1 aliphatic heterocycles. The smallest absolute Gasteiger partial charge is 0.254 e. The van der Waals surface area contributed by atoms with Crippen molar-refractivity contribution in [3.8, 4) is 0 Å². The van der Waals surface area contributed by atoms with Crippen LogP contribution in [0.15, 0.2) is 30.5 Å². The lowest BCUT2D eigenvalue weighted by Gasteiger charge is -2.43. The quantitative estimate of drug-likeness (QED) is 0.942. The number of aromatic amines is 1. The first-order chi connectivity index (χ1) is 11.7. The molecule has 3 atom stereocenters. The SMILES string of the molecule is COC1CC[C@@]2(OC)CCN(C(=O)c3ccc4[nH]ccc4c3)C2C1. The van der Waals surface area contributed by atoms with Gasteiger partial charge in [0.2, 0.25) is 0 Å². The highest BCUT2D eigenvalue weighted by Crippen LogP contribution is 2.43. The van der Waals surface area contributed by atoms with Gasteiger partial charge in [0.15, 0.2) is 0 Å². The third-order valence-electron chi connectivity index (χ3n) is 5.94. The Morgan fingerprint density at radius 2 is 2.17 bits per heavy atom. The lowest BCUT2D eigenvalue weighted by molar-refractivity contribution is -0.0893. The number of carbonyl (C=O) groups excluding carboxylic acids is 1.